The van der Waals surface area contributed by atoms with Crippen LogP contribution in [0.15, 0.2) is 5.38 Å². The maximum absolute atomic E-state index is 4.72. The normalized spacial score (nSPS) is 18.4. The molecule has 1 fully saturated rings. The Morgan fingerprint density at radius 3 is 2.74 bits per heavy atom. The molecule has 3 heterocycles. The van der Waals surface area contributed by atoms with Gasteiger partial charge >= 0.3 is 0 Å². The van der Waals surface area contributed by atoms with E-state index in [9.17, 15) is 0 Å². The molecule has 0 amide bonds. The second-order valence-corrected chi connectivity index (χ2v) is 8.88. The second kappa shape index (κ2) is 8.65. The zero-order valence-corrected chi connectivity index (χ0v) is 17.4. The Hall–Kier alpha value is -1.53. The predicted octanol–water partition coefficient (Wildman–Crippen LogP) is 4.01. The summed E-state index contributed by atoms with van der Waals surface area (Å²) in [6.45, 7) is 8.58. The molecule has 5 nitrogen and oxygen atoms in total. The summed E-state index contributed by atoms with van der Waals surface area (Å²) >= 11 is 1.80. The number of nitrogens with one attached hydrogen (secondary N) is 1. The van der Waals surface area contributed by atoms with E-state index in [2.05, 4.69) is 27.5 Å². The topological polar surface area (TPSA) is 53.9 Å². The predicted molar refractivity (Wildman–Crippen MR) is 111 cm³/mol. The van der Waals surface area contributed by atoms with Crippen LogP contribution in [0, 0.1) is 12.8 Å². The lowest BCUT2D eigenvalue weighted by Gasteiger charge is -2.32. The SMILES string of the molecule is CCc1nc(CN2CCC(CNc3nc(C)nc4c3CCCC4)CC2)cs1. The summed E-state index contributed by atoms with van der Waals surface area (Å²) in [4.78, 5) is 16.7. The van der Waals surface area contributed by atoms with Crippen molar-refractivity contribution in [2.45, 2.75) is 65.3 Å². The Kier molecular flexibility index (Phi) is 6.03. The van der Waals surface area contributed by atoms with Gasteiger partial charge in [-0.05, 0) is 70.9 Å². The summed E-state index contributed by atoms with van der Waals surface area (Å²) in [5, 5.41) is 7.16. The summed E-state index contributed by atoms with van der Waals surface area (Å²) in [5.74, 6) is 2.74. The molecule has 4 rings (SSSR count). The first kappa shape index (κ1) is 18.8. The van der Waals surface area contributed by atoms with E-state index in [1.54, 1.807) is 11.3 Å². The average Bonchev–Trinajstić information content (AvgIpc) is 3.14. The van der Waals surface area contributed by atoms with Crippen molar-refractivity contribution < 1.29 is 0 Å². The lowest BCUT2D eigenvalue weighted by atomic mass is 9.95. The quantitative estimate of drug-likeness (QED) is 0.814. The molecular weight excluding hydrogens is 354 g/mol. The molecule has 2 aromatic rings. The molecule has 1 aliphatic carbocycles. The zero-order valence-electron chi connectivity index (χ0n) is 16.6. The van der Waals surface area contributed by atoms with Gasteiger partial charge in [-0.25, -0.2) is 15.0 Å². The van der Waals surface area contributed by atoms with E-state index >= 15 is 0 Å². The fourth-order valence-corrected chi connectivity index (χ4v) is 5.00. The van der Waals surface area contributed by atoms with Gasteiger partial charge in [0.05, 0.1) is 10.7 Å². The third kappa shape index (κ3) is 4.66. The van der Waals surface area contributed by atoms with Gasteiger partial charge < -0.3 is 5.32 Å². The lowest BCUT2D eigenvalue weighted by Crippen LogP contribution is -2.35. The highest BCUT2D eigenvalue weighted by atomic mass is 32.1. The number of anilines is 1. The van der Waals surface area contributed by atoms with Gasteiger partial charge in [-0.1, -0.05) is 6.92 Å². The molecule has 6 heteroatoms. The summed E-state index contributed by atoms with van der Waals surface area (Å²) in [5.41, 5.74) is 3.90. The molecule has 0 bridgehead atoms. The van der Waals surface area contributed by atoms with Crippen LogP contribution in [-0.2, 0) is 25.8 Å². The molecule has 0 aromatic carbocycles. The standard InChI is InChI=1S/C21H31N5S/c1-3-20-25-17(14-27-20)13-26-10-8-16(9-11-26)12-22-21-18-6-4-5-7-19(18)23-15(2)24-21/h14,16H,3-13H2,1-2H3,(H,22,23,24). The molecular formula is C21H31N5S. The maximum Gasteiger partial charge on any atom is 0.133 e. The smallest absolute Gasteiger partial charge is 0.133 e. The van der Waals surface area contributed by atoms with Crippen molar-refractivity contribution in [1.82, 2.24) is 19.9 Å². The van der Waals surface area contributed by atoms with Crippen molar-refractivity contribution in [3.05, 3.63) is 33.2 Å². The highest BCUT2D eigenvalue weighted by molar-refractivity contribution is 7.09. The minimum atomic E-state index is 0.734. The van der Waals surface area contributed by atoms with Gasteiger partial charge in [0.2, 0.25) is 0 Å². The number of hydrogen-bond acceptors (Lipinski definition) is 6. The van der Waals surface area contributed by atoms with Crippen LogP contribution in [0.5, 0.6) is 0 Å². The number of rotatable bonds is 6. The van der Waals surface area contributed by atoms with E-state index in [1.807, 2.05) is 6.92 Å². The molecule has 0 unspecified atom stereocenters. The van der Waals surface area contributed by atoms with Crippen LogP contribution in [0.4, 0.5) is 5.82 Å². The Morgan fingerprint density at radius 2 is 1.96 bits per heavy atom. The van der Waals surface area contributed by atoms with Crippen LogP contribution in [0.2, 0.25) is 0 Å². The van der Waals surface area contributed by atoms with Crippen LogP contribution in [0.25, 0.3) is 0 Å². The van der Waals surface area contributed by atoms with E-state index in [1.165, 1.54) is 60.7 Å². The van der Waals surface area contributed by atoms with E-state index in [0.717, 1.165) is 49.9 Å². The Labute approximate surface area is 166 Å². The minimum absolute atomic E-state index is 0.734. The number of aryl methyl sites for hydroxylation is 3. The van der Waals surface area contributed by atoms with Gasteiger partial charge in [0.15, 0.2) is 0 Å². The van der Waals surface area contributed by atoms with E-state index in [0.29, 0.717) is 0 Å². The highest BCUT2D eigenvalue weighted by Crippen LogP contribution is 2.26. The van der Waals surface area contributed by atoms with Gasteiger partial charge in [-0.2, -0.15) is 0 Å². The first-order valence-electron chi connectivity index (χ1n) is 10.5. The molecule has 1 aliphatic heterocycles. The van der Waals surface area contributed by atoms with Gasteiger partial charge in [0.1, 0.15) is 11.6 Å². The number of nitrogens with zero attached hydrogens (tertiary/aromatic N) is 4. The molecule has 0 saturated carbocycles. The van der Waals surface area contributed by atoms with Gasteiger partial charge in [-0.15, -0.1) is 11.3 Å². The number of thiazole rings is 1. The van der Waals surface area contributed by atoms with Crippen molar-refractivity contribution in [3.63, 3.8) is 0 Å². The van der Waals surface area contributed by atoms with Crippen molar-refractivity contribution in [2.75, 3.05) is 25.0 Å². The monoisotopic (exact) mass is 385 g/mol. The number of piperidine rings is 1. The van der Waals surface area contributed by atoms with Crippen LogP contribution >= 0.6 is 11.3 Å². The second-order valence-electron chi connectivity index (χ2n) is 7.94. The Morgan fingerprint density at radius 1 is 1.15 bits per heavy atom. The first-order valence-corrected chi connectivity index (χ1v) is 11.3. The lowest BCUT2D eigenvalue weighted by molar-refractivity contribution is 0.181. The van der Waals surface area contributed by atoms with Crippen LogP contribution < -0.4 is 5.32 Å². The minimum Gasteiger partial charge on any atom is -0.369 e. The van der Waals surface area contributed by atoms with E-state index < -0.39 is 0 Å². The summed E-state index contributed by atoms with van der Waals surface area (Å²) in [6.07, 6.45) is 8.33. The first-order chi connectivity index (χ1) is 13.2. The number of likely N-dealkylation sites (tertiary alicyclic amines) is 1. The summed E-state index contributed by atoms with van der Waals surface area (Å²) in [7, 11) is 0. The third-order valence-corrected chi connectivity index (χ3v) is 6.89. The van der Waals surface area contributed by atoms with Gasteiger partial charge in [0, 0.05) is 29.7 Å². The molecule has 0 spiro atoms. The van der Waals surface area contributed by atoms with Crippen molar-refractivity contribution in [2.24, 2.45) is 5.92 Å². The number of aromatic nitrogens is 3. The highest BCUT2D eigenvalue weighted by Gasteiger charge is 2.22. The summed E-state index contributed by atoms with van der Waals surface area (Å²) in [6, 6.07) is 0. The molecule has 2 aliphatic rings. The zero-order chi connectivity index (χ0) is 18.6. The van der Waals surface area contributed by atoms with Gasteiger partial charge in [-0.3, -0.25) is 4.90 Å². The van der Waals surface area contributed by atoms with Crippen molar-refractivity contribution in [3.8, 4) is 0 Å². The fraction of sp³-hybridized carbons (Fsp3) is 0.667. The van der Waals surface area contributed by atoms with Crippen molar-refractivity contribution in [1.29, 1.82) is 0 Å². The Balaban J connectivity index is 1.28. The van der Waals surface area contributed by atoms with Crippen LogP contribution in [0.1, 0.15) is 60.4 Å². The molecule has 27 heavy (non-hydrogen) atoms. The fourth-order valence-electron chi connectivity index (χ4n) is 4.27. The maximum atomic E-state index is 4.72. The van der Waals surface area contributed by atoms with Crippen LogP contribution in [-0.4, -0.2) is 39.5 Å². The van der Waals surface area contributed by atoms with Crippen molar-refractivity contribution >= 4 is 17.2 Å². The molecule has 2 aromatic heterocycles. The molecule has 1 saturated heterocycles. The van der Waals surface area contributed by atoms with E-state index in [4.69, 9.17) is 9.97 Å². The Bertz CT molecular complexity index is 764. The van der Waals surface area contributed by atoms with E-state index in [-0.39, 0.29) is 0 Å². The molecule has 146 valence electrons. The number of hydrogen-bond donors (Lipinski definition) is 1. The van der Waals surface area contributed by atoms with Crippen LogP contribution in [0.3, 0.4) is 0 Å². The third-order valence-electron chi connectivity index (χ3n) is 5.85. The van der Waals surface area contributed by atoms with Gasteiger partial charge in [0.25, 0.3) is 0 Å². The number of fused-ring (bicyclic) bond motifs is 1. The molecule has 0 radical (unpaired) electrons. The average molecular weight is 386 g/mol. The summed E-state index contributed by atoms with van der Waals surface area (Å²) < 4.78 is 0. The molecule has 1 N–H and O–H groups in total. The largest absolute Gasteiger partial charge is 0.369 e. The molecule has 0 atom stereocenters.